The van der Waals surface area contributed by atoms with Gasteiger partial charge in [-0.25, -0.2) is 13.4 Å². The third-order valence-corrected chi connectivity index (χ3v) is 7.87. The Morgan fingerprint density at radius 1 is 1.06 bits per heavy atom. The van der Waals surface area contributed by atoms with Crippen LogP contribution < -0.4 is 14.2 Å². The molecule has 35 heavy (non-hydrogen) atoms. The number of hydrogen-bond donors (Lipinski definition) is 0. The molecule has 188 valence electrons. The van der Waals surface area contributed by atoms with Gasteiger partial charge >= 0.3 is 0 Å². The van der Waals surface area contributed by atoms with E-state index in [2.05, 4.69) is 22.0 Å². The fourth-order valence-corrected chi connectivity index (χ4v) is 5.72. The lowest BCUT2D eigenvalue weighted by molar-refractivity contribution is 0.220. The van der Waals surface area contributed by atoms with Gasteiger partial charge in [-0.3, -0.25) is 4.90 Å². The molecule has 0 saturated carbocycles. The maximum atomic E-state index is 12.9. The molecule has 0 N–H and O–H groups in total. The van der Waals surface area contributed by atoms with E-state index in [1.165, 1.54) is 17.5 Å². The van der Waals surface area contributed by atoms with Gasteiger partial charge in [0.15, 0.2) is 17.9 Å². The second-order valence-corrected chi connectivity index (χ2v) is 10.7. The summed E-state index contributed by atoms with van der Waals surface area (Å²) >= 11 is 0. The molecule has 9 heteroatoms. The van der Waals surface area contributed by atoms with E-state index in [0.717, 1.165) is 44.0 Å². The SMILES string of the molecule is COc1cc2c(cc1OC)CN(CCCOc1ccc(S(=O)(=O)c3ncoc3C(C)C)cc1)CC2. The number of oxazole rings is 1. The molecule has 0 aliphatic carbocycles. The van der Waals surface area contributed by atoms with E-state index in [0.29, 0.717) is 18.1 Å². The van der Waals surface area contributed by atoms with Gasteiger partial charge in [0.1, 0.15) is 11.5 Å². The first-order valence-electron chi connectivity index (χ1n) is 11.7. The van der Waals surface area contributed by atoms with Crippen LogP contribution in [0.2, 0.25) is 0 Å². The number of fused-ring (bicyclic) bond motifs is 1. The van der Waals surface area contributed by atoms with Gasteiger partial charge in [-0.05, 0) is 60.4 Å². The number of benzene rings is 2. The van der Waals surface area contributed by atoms with Crippen molar-refractivity contribution in [3.05, 3.63) is 59.7 Å². The smallest absolute Gasteiger partial charge is 0.227 e. The van der Waals surface area contributed by atoms with Gasteiger partial charge in [0, 0.05) is 25.6 Å². The Balaban J connectivity index is 1.29. The summed E-state index contributed by atoms with van der Waals surface area (Å²) in [5.74, 6) is 2.44. The van der Waals surface area contributed by atoms with Crippen molar-refractivity contribution in [2.45, 2.75) is 49.1 Å². The van der Waals surface area contributed by atoms with E-state index in [9.17, 15) is 8.42 Å². The second kappa shape index (κ2) is 10.7. The molecule has 1 aliphatic heterocycles. The van der Waals surface area contributed by atoms with E-state index < -0.39 is 9.84 Å². The standard InChI is InChI=1S/C26H32N2O6S/c1-18(2)25-26(27-17-34-25)35(29,30)22-8-6-21(7-9-22)33-13-5-11-28-12-10-19-14-23(31-3)24(32-4)15-20(19)16-28/h6-9,14-15,17-18H,5,10-13,16H2,1-4H3. The maximum Gasteiger partial charge on any atom is 0.227 e. The molecule has 3 aromatic rings. The topological polar surface area (TPSA) is 91.1 Å². The van der Waals surface area contributed by atoms with E-state index in [1.807, 2.05) is 13.8 Å². The quantitative estimate of drug-likeness (QED) is 0.377. The van der Waals surface area contributed by atoms with Gasteiger partial charge < -0.3 is 18.6 Å². The molecule has 0 saturated heterocycles. The van der Waals surface area contributed by atoms with Crippen LogP contribution in [0.25, 0.3) is 0 Å². The lowest BCUT2D eigenvalue weighted by Gasteiger charge is -2.29. The summed E-state index contributed by atoms with van der Waals surface area (Å²) in [6.45, 7) is 7.03. The van der Waals surface area contributed by atoms with Crippen LogP contribution in [0.15, 0.2) is 57.1 Å². The molecule has 0 fully saturated rings. The molecule has 0 unspecified atom stereocenters. The van der Waals surface area contributed by atoms with Gasteiger partial charge in [0.05, 0.1) is 25.7 Å². The normalized spacial score (nSPS) is 14.1. The van der Waals surface area contributed by atoms with E-state index in [4.69, 9.17) is 18.6 Å². The molecule has 0 atom stereocenters. The Hall–Kier alpha value is -3.04. The lowest BCUT2D eigenvalue weighted by Crippen LogP contribution is -2.32. The van der Waals surface area contributed by atoms with Crippen LogP contribution >= 0.6 is 0 Å². The molecule has 4 rings (SSSR count). The minimum absolute atomic E-state index is 0.0275. The Labute approximate surface area is 206 Å². The minimum Gasteiger partial charge on any atom is -0.494 e. The van der Waals surface area contributed by atoms with E-state index in [-0.39, 0.29) is 15.8 Å². The fourth-order valence-electron chi connectivity index (χ4n) is 4.27. The number of hydrogen-bond acceptors (Lipinski definition) is 8. The number of ether oxygens (including phenoxy) is 3. The Morgan fingerprint density at radius 3 is 2.40 bits per heavy atom. The minimum atomic E-state index is -3.75. The van der Waals surface area contributed by atoms with Gasteiger partial charge in [-0.2, -0.15) is 0 Å². The lowest BCUT2D eigenvalue weighted by atomic mass is 9.98. The Morgan fingerprint density at radius 2 is 1.74 bits per heavy atom. The largest absolute Gasteiger partial charge is 0.494 e. The molecule has 2 heterocycles. The highest BCUT2D eigenvalue weighted by Crippen LogP contribution is 2.33. The number of sulfone groups is 1. The van der Waals surface area contributed by atoms with Crippen LogP contribution in [0.3, 0.4) is 0 Å². The zero-order valence-corrected chi connectivity index (χ0v) is 21.4. The van der Waals surface area contributed by atoms with Crippen molar-refractivity contribution in [2.24, 2.45) is 0 Å². The summed E-state index contributed by atoms with van der Waals surface area (Å²) in [6, 6.07) is 10.6. The van der Waals surface area contributed by atoms with Gasteiger partial charge in [0.2, 0.25) is 14.9 Å². The van der Waals surface area contributed by atoms with Gasteiger partial charge in [0.25, 0.3) is 0 Å². The van der Waals surface area contributed by atoms with Crippen molar-refractivity contribution in [1.82, 2.24) is 9.88 Å². The summed E-state index contributed by atoms with van der Waals surface area (Å²) in [5, 5.41) is -0.0275. The van der Waals surface area contributed by atoms with Crippen LogP contribution in [0.1, 0.15) is 43.1 Å². The molecular formula is C26H32N2O6S. The van der Waals surface area contributed by atoms with E-state index >= 15 is 0 Å². The van der Waals surface area contributed by atoms with Crippen LogP contribution in [-0.4, -0.2) is 52.2 Å². The van der Waals surface area contributed by atoms with Crippen molar-refractivity contribution in [3.8, 4) is 17.2 Å². The first kappa shape index (κ1) is 25.1. The highest BCUT2D eigenvalue weighted by molar-refractivity contribution is 7.91. The molecule has 0 amide bonds. The van der Waals surface area contributed by atoms with Gasteiger partial charge in [-0.1, -0.05) is 13.8 Å². The summed E-state index contributed by atoms with van der Waals surface area (Å²) in [5.41, 5.74) is 2.57. The van der Waals surface area contributed by atoms with Crippen LogP contribution in [0, 0.1) is 0 Å². The maximum absolute atomic E-state index is 12.9. The summed E-state index contributed by atoms with van der Waals surface area (Å²) in [7, 11) is -0.434. The predicted octanol–water partition coefficient (Wildman–Crippen LogP) is 4.48. The fraction of sp³-hybridized carbons (Fsp3) is 0.423. The number of aromatic nitrogens is 1. The predicted molar refractivity (Wildman–Crippen MR) is 131 cm³/mol. The van der Waals surface area contributed by atoms with Crippen molar-refractivity contribution in [3.63, 3.8) is 0 Å². The van der Waals surface area contributed by atoms with Crippen molar-refractivity contribution in [2.75, 3.05) is 33.9 Å². The molecular weight excluding hydrogens is 468 g/mol. The molecule has 0 bridgehead atoms. The molecule has 2 aromatic carbocycles. The number of methoxy groups -OCH3 is 2. The average molecular weight is 501 g/mol. The number of nitrogens with zero attached hydrogens (tertiary/aromatic N) is 2. The van der Waals surface area contributed by atoms with Crippen LogP contribution in [-0.2, 0) is 22.8 Å². The Kier molecular flexibility index (Phi) is 7.66. The summed E-state index contributed by atoms with van der Waals surface area (Å²) < 4.78 is 47.9. The molecule has 0 radical (unpaired) electrons. The first-order valence-corrected chi connectivity index (χ1v) is 13.2. The van der Waals surface area contributed by atoms with Crippen molar-refractivity contribution >= 4 is 9.84 Å². The highest BCUT2D eigenvalue weighted by Gasteiger charge is 2.27. The Bertz CT molecular complexity index is 1250. The van der Waals surface area contributed by atoms with Crippen molar-refractivity contribution in [1.29, 1.82) is 0 Å². The first-order chi connectivity index (χ1) is 16.8. The summed E-state index contributed by atoms with van der Waals surface area (Å²) in [6.07, 6.45) is 3.00. The van der Waals surface area contributed by atoms with E-state index in [1.54, 1.807) is 38.5 Å². The highest BCUT2D eigenvalue weighted by atomic mass is 32.2. The third kappa shape index (κ3) is 5.46. The second-order valence-electron chi connectivity index (χ2n) is 8.86. The zero-order valence-electron chi connectivity index (χ0n) is 20.6. The molecule has 1 aromatic heterocycles. The zero-order chi connectivity index (χ0) is 25.0. The van der Waals surface area contributed by atoms with Crippen LogP contribution in [0.4, 0.5) is 0 Å². The molecule has 1 aliphatic rings. The third-order valence-electron chi connectivity index (χ3n) is 6.16. The summed E-state index contributed by atoms with van der Waals surface area (Å²) in [4.78, 5) is 6.51. The van der Waals surface area contributed by atoms with Crippen LogP contribution in [0.5, 0.6) is 17.2 Å². The molecule has 0 spiro atoms. The van der Waals surface area contributed by atoms with Crippen molar-refractivity contribution < 1.29 is 27.0 Å². The molecule has 8 nitrogen and oxygen atoms in total. The monoisotopic (exact) mass is 500 g/mol. The van der Waals surface area contributed by atoms with Gasteiger partial charge in [-0.15, -0.1) is 0 Å². The number of rotatable bonds is 10. The average Bonchev–Trinajstić information content (AvgIpc) is 3.37.